The number of hydrogen-bond acceptors (Lipinski definition) is 5. The Kier molecular flexibility index (Phi) is 6.50. The number of anilines is 1. The maximum atomic E-state index is 13.2. The lowest BCUT2D eigenvalue weighted by molar-refractivity contribution is 0.282. The van der Waals surface area contributed by atoms with Gasteiger partial charge in [0.25, 0.3) is 0 Å². The number of halogens is 2. The van der Waals surface area contributed by atoms with E-state index in [1.54, 1.807) is 10.7 Å². The highest BCUT2D eigenvalue weighted by Gasteiger charge is 2.30. The average molecular weight is 585 g/mol. The zero-order valence-corrected chi connectivity index (χ0v) is 22.5. The summed E-state index contributed by atoms with van der Waals surface area (Å²) >= 11 is 3.59. The minimum Gasteiger partial charge on any atom is -0.370 e. The Morgan fingerprint density at radius 2 is 1.76 bits per heavy atom. The van der Waals surface area contributed by atoms with Gasteiger partial charge in [0.05, 0.1) is 21.3 Å². The van der Waals surface area contributed by atoms with E-state index in [4.69, 9.17) is 4.98 Å². The summed E-state index contributed by atoms with van der Waals surface area (Å²) in [7, 11) is -3.62. The molecule has 0 atom stereocenters. The largest absolute Gasteiger partial charge is 0.370 e. The molecule has 6 rings (SSSR count). The van der Waals surface area contributed by atoms with Crippen molar-refractivity contribution in [2.45, 2.75) is 36.5 Å². The van der Waals surface area contributed by atoms with E-state index in [1.807, 2.05) is 0 Å². The van der Waals surface area contributed by atoms with Gasteiger partial charge in [-0.2, -0.15) is 13.9 Å². The highest BCUT2D eigenvalue weighted by molar-refractivity contribution is 9.10. The fourth-order valence-corrected chi connectivity index (χ4v) is 6.86. The minimum atomic E-state index is -3.62. The van der Waals surface area contributed by atoms with E-state index in [0.29, 0.717) is 31.5 Å². The van der Waals surface area contributed by atoms with Crippen LogP contribution in [-0.4, -0.2) is 47.0 Å². The van der Waals surface area contributed by atoms with E-state index in [1.165, 1.54) is 47.0 Å². The van der Waals surface area contributed by atoms with Gasteiger partial charge >= 0.3 is 0 Å². The van der Waals surface area contributed by atoms with E-state index < -0.39 is 15.8 Å². The summed E-state index contributed by atoms with van der Waals surface area (Å²) in [6, 6.07) is 15.6. The molecule has 192 valence electrons. The van der Waals surface area contributed by atoms with Crippen molar-refractivity contribution in [2.75, 3.05) is 25.0 Å². The predicted octanol–water partition coefficient (Wildman–Crippen LogP) is 5.69. The zero-order valence-electron chi connectivity index (χ0n) is 20.1. The van der Waals surface area contributed by atoms with E-state index >= 15 is 0 Å². The third kappa shape index (κ3) is 4.89. The van der Waals surface area contributed by atoms with Gasteiger partial charge in [0.2, 0.25) is 10.0 Å². The fraction of sp³-hybridized carbons (Fsp3) is 0.333. The van der Waals surface area contributed by atoms with Crippen molar-refractivity contribution in [3.63, 3.8) is 0 Å². The quantitative estimate of drug-likeness (QED) is 0.302. The third-order valence-electron chi connectivity index (χ3n) is 7.28. The Balaban J connectivity index is 1.18. The summed E-state index contributed by atoms with van der Waals surface area (Å²) in [6.07, 6.45) is 5.67. The first-order chi connectivity index (χ1) is 17.9. The number of sulfonamides is 1. The predicted molar refractivity (Wildman–Crippen MR) is 144 cm³/mol. The van der Waals surface area contributed by atoms with Crippen LogP contribution in [0.2, 0.25) is 0 Å². The molecule has 3 heterocycles. The number of benzene rings is 2. The van der Waals surface area contributed by atoms with Crippen LogP contribution in [0.5, 0.6) is 0 Å². The molecule has 1 N–H and O–H groups in total. The molecular formula is C27H27BrFN5O2S. The first-order valence-electron chi connectivity index (χ1n) is 12.5. The summed E-state index contributed by atoms with van der Waals surface area (Å²) in [5, 5.41) is 8.07. The van der Waals surface area contributed by atoms with E-state index in [2.05, 4.69) is 56.7 Å². The van der Waals surface area contributed by atoms with Crippen LogP contribution in [0, 0.1) is 11.7 Å². The smallest absolute Gasteiger partial charge is 0.243 e. The summed E-state index contributed by atoms with van der Waals surface area (Å²) in [5.41, 5.74) is 4.17. The van der Waals surface area contributed by atoms with Gasteiger partial charge in [0.1, 0.15) is 11.6 Å². The van der Waals surface area contributed by atoms with Crippen molar-refractivity contribution >= 4 is 37.4 Å². The molecule has 0 amide bonds. The summed E-state index contributed by atoms with van der Waals surface area (Å²) < 4.78 is 43.3. The molecule has 1 saturated carbocycles. The Morgan fingerprint density at radius 1 is 1.03 bits per heavy atom. The highest BCUT2D eigenvalue weighted by Crippen LogP contribution is 2.44. The normalized spacial score (nSPS) is 17.4. The van der Waals surface area contributed by atoms with Gasteiger partial charge in [-0.1, -0.05) is 24.3 Å². The lowest BCUT2D eigenvalue weighted by atomic mass is 9.98. The van der Waals surface area contributed by atoms with Gasteiger partial charge in [0.15, 0.2) is 5.65 Å². The molecule has 37 heavy (non-hydrogen) atoms. The standard InChI is InChI=1S/C27H27BrFN5O2S/c28-24-17-31-34-26(15-25(32-27(24)34)23-4-2-1-3-22(23)19-5-6-19)30-16-18-11-13-33(14-12-18)37(35,36)21-9-7-20(29)8-10-21/h1-4,7-10,15,17-19,30H,5-6,11-14,16H2. The highest BCUT2D eigenvalue weighted by atomic mass is 79.9. The summed E-state index contributed by atoms with van der Waals surface area (Å²) in [6.45, 7) is 1.57. The van der Waals surface area contributed by atoms with Crippen LogP contribution in [0.15, 0.2) is 70.2 Å². The van der Waals surface area contributed by atoms with Crippen molar-refractivity contribution in [1.29, 1.82) is 0 Å². The van der Waals surface area contributed by atoms with Gasteiger partial charge in [-0.3, -0.25) is 0 Å². The number of nitrogens with zero attached hydrogens (tertiary/aromatic N) is 4. The molecule has 2 fully saturated rings. The summed E-state index contributed by atoms with van der Waals surface area (Å²) in [4.78, 5) is 5.05. The first-order valence-corrected chi connectivity index (χ1v) is 14.8. The Bertz CT molecular complexity index is 1550. The lowest BCUT2D eigenvalue weighted by Gasteiger charge is -2.31. The van der Waals surface area contributed by atoms with Crippen molar-refractivity contribution in [3.8, 4) is 11.3 Å². The van der Waals surface area contributed by atoms with Crippen LogP contribution in [0.3, 0.4) is 0 Å². The number of aromatic nitrogens is 3. The Labute approximate surface area is 223 Å². The second kappa shape index (κ2) is 9.81. The molecule has 0 unspecified atom stereocenters. The maximum Gasteiger partial charge on any atom is 0.243 e. The van der Waals surface area contributed by atoms with E-state index in [-0.39, 0.29) is 4.90 Å². The molecule has 2 aromatic heterocycles. The number of piperidine rings is 1. The van der Waals surface area contributed by atoms with Gasteiger partial charge in [-0.05, 0) is 83.3 Å². The monoisotopic (exact) mass is 583 g/mol. The SMILES string of the molecule is O=S(=O)(c1ccc(F)cc1)N1CCC(CNc2cc(-c3ccccc3C3CC3)nc3c(Br)cnn23)CC1. The number of fused-ring (bicyclic) bond motifs is 1. The van der Waals surface area contributed by atoms with Crippen LogP contribution in [-0.2, 0) is 10.0 Å². The molecule has 7 nitrogen and oxygen atoms in total. The molecule has 2 aromatic carbocycles. The minimum absolute atomic E-state index is 0.132. The third-order valence-corrected chi connectivity index (χ3v) is 9.75. The topological polar surface area (TPSA) is 79.6 Å². The second-order valence-electron chi connectivity index (χ2n) is 9.80. The van der Waals surface area contributed by atoms with Crippen LogP contribution >= 0.6 is 15.9 Å². The molecule has 1 saturated heterocycles. The number of hydrogen-bond donors (Lipinski definition) is 1. The zero-order chi connectivity index (χ0) is 25.6. The van der Waals surface area contributed by atoms with Crippen molar-refractivity contribution < 1.29 is 12.8 Å². The van der Waals surface area contributed by atoms with Crippen molar-refractivity contribution in [2.24, 2.45) is 5.92 Å². The van der Waals surface area contributed by atoms with Crippen LogP contribution in [0.4, 0.5) is 10.2 Å². The molecule has 0 bridgehead atoms. The van der Waals surface area contributed by atoms with Gasteiger partial charge < -0.3 is 5.32 Å². The van der Waals surface area contributed by atoms with Gasteiger partial charge in [-0.15, -0.1) is 0 Å². The summed E-state index contributed by atoms with van der Waals surface area (Å²) in [5.74, 6) is 1.33. The molecule has 4 aromatic rings. The van der Waals surface area contributed by atoms with Crippen LogP contribution < -0.4 is 5.32 Å². The molecular weight excluding hydrogens is 557 g/mol. The first kappa shape index (κ1) is 24.5. The van der Waals surface area contributed by atoms with E-state index in [9.17, 15) is 12.8 Å². The van der Waals surface area contributed by atoms with Crippen LogP contribution in [0.25, 0.3) is 16.9 Å². The van der Waals surface area contributed by atoms with Crippen molar-refractivity contribution in [3.05, 3.63) is 76.6 Å². The van der Waals surface area contributed by atoms with Gasteiger partial charge in [0, 0.05) is 31.3 Å². The lowest BCUT2D eigenvalue weighted by Crippen LogP contribution is -2.39. The average Bonchev–Trinajstić information content (AvgIpc) is 3.70. The molecule has 1 aliphatic heterocycles. The fourth-order valence-electron chi connectivity index (χ4n) is 5.04. The van der Waals surface area contributed by atoms with Crippen LogP contribution in [0.1, 0.15) is 37.2 Å². The molecule has 2 aliphatic rings. The molecule has 0 spiro atoms. The number of rotatable bonds is 7. The molecule has 1 aliphatic carbocycles. The molecule has 0 radical (unpaired) electrons. The Hall–Kier alpha value is -2.82. The van der Waals surface area contributed by atoms with E-state index in [0.717, 1.165) is 40.0 Å². The second-order valence-corrected chi connectivity index (χ2v) is 12.6. The maximum absolute atomic E-state index is 13.2. The molecule has 10 heteroatoms. The van der Waals surface area contributed by atoms with Crippen molar-refractivity contribution in [1.82, 2.24) is 18.9 Å². The number of nitrogens with one attached hydrogen (secondary N) is 1. The Morgan fingerprint density at radius 3 is 2.49 bits per heavy atom. The van der Waals surface area contributed by atoms with Gasteiger partial charge in [-0.25, -0.2) is 17.8 Å².